The Balaban J connectivity index is 2.00. The fourth-order valence-corrected chi connectivity index (χ4v) is 3.90. The van der Waals surface area contributed by atoms with Crippen molar-refractivity contribution in [2.24, 2.45) is 0 Å². The Morgan fingerprint density at radius 2 is 2.24 bits per heavy atom. The predicted octanol–water partition coefficient (Wildman–Crippen LogP) is 2.39. The van der Waals surface area contributed by atoms with E-state index in [1.807, 2.05) is 11.3 Å². The molecular weight excluding hydrogens is 282 g/mol. The summed E-state index contributed by atoms with van der Waals surface area (Å²) in [5.41, 5.74) is 1.17. The van der Waals surface area contributed by atoms with Gasteiger partial charge in [0.15, 0.2) is 0 Å². The summed E-state index contributed by atoms with van der Waals surface area (Å²) in [5.74, 6) is 0. The molecule has 1 aliphatic rings. The lowest BCUT2D eigenvalue weighted by molar-refractivity contribution is -0.0459. The molecule has 4 nitrogen and oxygen atoms in total. The van der Waals surface area contributed by atoms with E-state index in [0.717, 1.165) is 32.7 Å². The fourth-order valence-electron chi connectivity index (χ4n) is 2.91. The highest BCUT2D eigenvalue weighted by molar-refractivity contribution is 7.11. The molecule has 0 saturated carbocycles. The lowest BCUT2D eigenvalue weighted by Crippen LogP contribution is -2.53. The van der Waals surface area contributed by atoms with Crippen LogP contribution in [-0.4, -0.2) is 54.8 Å². The first-order valence-corrected chi connectivity index (χ1v) is 8.95. The number of ether oxygens (including phenoxy) is 1. The molecule has 2 rings (SSSR count). The van der Waals surface area contributed by atoms with Crippen LogP contribution in [0.25, 0.3) is 0 Å². The zero-order chi connectivity index (χ0) is 15.2. The summed E-state index contributed by atoms with van der Waals surface area (Å²) < 4.78 is 6.05. The summed E-state index contributed by atoms with van der Waals surface area (Å²) in [7, 11) is 0. The van der Waals surface area contributed by atoms with Crippen LogP contribution in [0.5, 0.6) is 0 Å². The van der Waals surface area contributed by atoms with Crippen molar-refractivity contribution in [1.82, 2.24) is 15.2 Å². The normalized spacial score (nSPS) is 21.6. The lowest BCUT2D eigenvalue weighted by Gasteiger charge is -2.37. The smallest absolute Gasteiger partial charge is 0.0947 e. The molecule has 1 aliphatic heterocycles. The monoisotopic (exact) mass is 311 g/mol. The molecule has 0 radical (unpaired) electrons. The van der Waals surface area contributed by atoms with Gasteiger partial charge in [0.05, 0.1) is 23.4 Å². The topological polar surface area (TPSA) is 37.4 Å². The van der Waals surface area contributed by atoms with Crippen molar-refractivity contribution in [3.8, 4) is 0 Å². The van der Waals surface area contributed by atoms with Crippen LogP contribution in [0, 0.1) is 13.8 Å². The predicted molar refractivity (Wildman–Crippen MR) is 89.2 cm³/mol. The maximum absolute atomic E-state index is 6.05. The lowest BCUT2D eigenvalue weighted by atomic mass is 10.1. The fraction of sp³-hybridized carbons (Fsp3) is 0.812. The van der Waals surface area contributed by atoms with Gasteiger partial charge < -0.3 is 10.1 Å². The van der Waals surface area contributed by atoms with Crippen molar-refractivity contribution in [1.29, 1.82) is 0 Å². The number of aryl methyl sites for hydroxylation is 2. The molecule has 0 bridgehead atoms. The Hall–Kier alpha value is -0.490. The summed E-state index contributed by atoms with van der Waals surface area (Å²) in [4.78, 5) is 8.55. The molecule has 5 heteroatoms. The second-order valence-corrected chi connectivity index (χ2v) is 7.12. The van der Waals surface area contributed by atoms with Gasteiger partial charge >= 0.3 is 0 Å². The molecule has 0 aliphatic carbocycles. The van der Waals surface area contributed by atoms with Gasteiger partial charge in [0, 0.05) is 30.4 Å². The molecule has 2 atom stereocenters. The van der Waals surface area contributed by atoms with E-state index in [-0.39, 0.29) is 6.10 Å². The first-order chi connectivity index (χ1) is 10.1. The molecule has 120 valence electrons. The van der Waals surface area contributed by atoms with Crippen LogP contribution in [0.1, 0.15) is 35.8 Å². The van der Waals surface area contributed by atoms with Gasteiger partial charge in [0.25, 0.3) is 0 Å². The van der Waals surface area contributed by atoms with Crippen LogP contribution >= 0.6 is 11.3 Å². The average Bonchev–Trinajstić information content (AvgIpc) is 2.78. The van der Waals surface area contributed by atoms with Crippen LogP contribution in [0.15, 0.2) is 0 Å². The molecule has 1 N–H and O–H groups in total. The number of aromatic nitrogens is 1. The van der Waals surface area contributed by atoms with E-state index in [9.17, 15) is 0 Å². The standard InChI is InChI=1S/C16H29N3OS/c1-5-7-19-8-9-20-15(11-19)14(17-6-2)10-16-18-12(3)13(4)21-16/h14-15,17H,5-11H2,1-4H3. The van der Waals surface area contributed by atoms with Crippen LogP contribution in [-0.2, 0) is 11.2 Å². The van der Waals surface area contributed by atoms with E-state index >= 15 is 0 Å². The van der Waals surface area contributed by atoms with Gasteiger partial charge in [-0.25, -0.2) is 4.98 Å². The second-order valence-electron chi connectivity index (χ2n) is 5.83. The first kappa shape index (κ1) is 16.9. The number of nitrogens with one attached hydrogen (secondary N) is 1. The summed E-state index contributed by atoms with van der Waals surface area (Å²) >= 11 is 1.82. The van der Waals surface area contributed by atoms with Gasteiger partial charge in [-0.1, -0.05) is 13.8 Å². The molecule has 21 heavy (non-hydrogen) atoms. The Morgan fingerprint density at radius 3 is 2.86 bits per heavy atom. The maximum Gasteiger partial charge on any atom is 0.0947 e. The molecule has 0 aromatic carbocycles. The van der Waals surface area contributed by atoms with Crippen molar-refractivity contribution >= 4 is 11.3 Å². The zero-order valence-corrected chi connectivity index (χ0v) is 14.6. The molecule has 0 amide bonds. The van der Waals surface area contributed by atoms with Crippen LogP contribution in [0.3, 0.4) is 0 Å². The van der Waals surface area contributed by atoms with Gasteiger partial charge in [0.1, 0.15) is 0 Å². The molecular formula is C16H29N3OS. The number of rotatable bonds is 7. The SMILES string of the molecule is CCCN1CCOC(C(Cc2nc(C)c(C)s2)NCC)C1. The summed E-state index contributed by atoms with van der Waals surface area (Å²) in [6.07, 6.45) is 2.45. The van der Waals surface area contributed by atoms with Crippen molar-refractivity contribution in [2.75, 3.05) is 32.8 Å². The van der Waals surface area contributed by atoms with E-state index in [2.05, 4.69) is 37.9 Å². The highest BCUT2D eigenvalue weighted by Crippen LogP contribution is 2.20. The molecule has 1 saturated heterocycles. The molecule has 1 aromatic heterocycles. The van der Waals surface area contributed by atoms with Crippen LogP contribution < -0.4 is 5.32 Å². The Bertz CT molecular complexity index is 414. The van der Waals surface area contributed by atoms with E-state index in [4.69, 9.17) is 9.72 Å². The summed E-state index contributed by atoms with van der Waals surface area (Å²) in [6, 6.07) is 0.361. The second kappa shape index (κ2) is 8.22. The minimum atomic E-state index is 0.273. The van der Waals surface area contributed by atoms with E-state index in [1.165, 1.54) is 28.5 Å². The Kier molecular flexibility index (Phi) is 6.61. The van der Waals surface area contributed by atoms with Gasteiger partial charge in [-0.3, -0.25) is 4.90 Å². The number of thiazole rings is 1. The number of nitrogens with zero attached hydrogens (tertiary/aromatic N) is 2. The largest absolute Gasteiger partial charge is 0.374 e. The number of morpholine rings is 1. The van der Waals surface area contributed by atoms with Crippen molar-refractivity contribution < 1.29 is 4.74 Å². The number of hydrogen-bond donors (Lipinski definition) is 1. The van der Waals surface area contributed by atoms with Gasteiger partial charge in [-0.15, -0.1) is 11.3 Å². The number of hydrogen-bond acceptors (Lipinski definition) is 5. The minimum absolute atomic E-state index is 0.273. The van der Waals surface area contributed by atoms with Crippen molar-refractivity contribution in [2.45, 2.75) is 52.7 Å². The third-order valence-electron chi connectivity index (χ3n) is 4.10. The van der Waals surface area contributed by atoms with E-state index < -0.39 is 0 Å². The van der Waals surface area contributed by atoms with Crippen LogP contribution in [0.2, 0.25) is 0 Å². The maximum atomic E-state index is 6.05. The molecule has 2 unspecified atom stereocenters. The average molecular weight is 311 g/mol. The van der Waals surface area contributed by atoms with Gasteiger partial charge in [-0.2, -0.15) is 0 Å². The summed E-state index contributed by atoms with van der Waals surface area (Å²) in [6.45, 7) is 13.8. The van der Waals surface area contributed by atoms with Crippen molar-refractivity contribution in [3.63, 3.8) is 0 Å². The Labute approximate surface area is 132 Å². The number of likely N-dealkylation sites (N-methyl/N-ethyl adjacent to an activating group) is 1. The Morgan fingerprint density at radius 1 is 1.43 bits per heavy atom. The van der Waals surface area contributed by atoms with Gasteiger partial charge in [0.2, 0.25) is 0 Å². The first-order valence-electron chi connectivity index (χ1n) is 8.14. The molecule has 2 heterocycles. The quantitative estimate of drug-likeness (QED) is 0.839. The molecule has 1 aromatic rings. The minimum Gasteiger partial charge on any atom is -0.374 e. The van der Waals surface area contributed by atoms with Crippen molar-refractivity contribution in [3.05, 3.63) is 15.6 Å². The third-order valence-corrected chi connectivity index (χ3v) is 5.20. The summed E-state index contributed by atoms with van der Waals surface area (Å²) in [5, 5.41) is 4.84. The molecule has 0 spiro atoms. The van der Waals surface area contributed by atoms with E-state index in [1.54, 1.807) is 0 Å². The third kappa shape index (κ3) is 4.74. The zero-order valence-electron chi connectivity index (χ0n) is 13.8. The molecule has 1 fully saturated rings. The van der Waals surface area contributed by atoms with Crippen LogP contribution in [0.4, 0.5) is 0 Å². The van der Waals surface area contributed by atoms with Gasteiger partial charge in [-0.05, 0) is 33.4 Å². The highest BCUT2D eigenvalue weighted by Gasteiger charge is 2.28. The van der Waals surface area contributed by atoms with E-state index in [0.29, 0.717) is 6.04 Å². The highest BCUT2D eigenvalue weighted by atomic mass is 32.1.